The highest BCUT2D eigenvalue weighted by molar-refractivity contribution is 6.70. The van der Waals surface area contributed by atoms with Gasteiger partial charge in [0.25, 0.3) is 0 Å². The summed E-state index contributed by atoms with van der Waals surface area (Å²) in [4.78, 5) is 20.1. The van der Waals surface area contributed by atoms with Gasteiger partial charge in [0.05, 0.1) is 6.04 Å². The molecule has 25 heavy (non-hydrogen) atoms. The Morgan fingerprint density at radius 1 is 1.40 bits per heavy atom. The fourth-order valence-corrected chi connectivity index (χ4v) is 2.49. The first-order chi connectivity index (χ1) is 12.0. The fraction of sp³-hybridized carbons (Fsp3) is 0.350. The highest BCUT2D eigenvalue weighted by Gasteiger charge is 2.20. The van der Waals surface area contributed by atoms with Crippen LogP contribution in [0.25, 0.3) is 0 Å². The summed E-state index contributed by atoms with van der Waals surface area (Å²) in [5.41, 5.74) is 1.83. The third-order valence-electron chi connectivity index (χ3n) is 3.31. The summed E-state index contributed by atoms with van der Waals surface area (Å²) < 4.78 is 5.09. The topological polar surface area (TPSA) is 51.0 Å². The van der Waals surface area contributed by atoms with E-state index in [9.17, 15) is 4.79 Å². The Kier molecular flexibility index (Phi) is 8.86. The first-order valence-electron chi connectivity index (χ1n) is 8.42. The molecular formula is C20H25ClN2O2. The molecule has 0 amide bonds. The SMILES string of the molecule is C/C=C\C=C1\C(Cl)=NC(C2=CC=CC(OC(C)=O)=CC2)=NC1C.CC. The van der Waals surface area contributed by atoms with Gasteiger partial charge in [0.1, 0.15) is 10.9 Å². The van der Waals surface area contributed by atoms with E-state index >= 15 is 0 Å². The quantitative estimate of drug-likeness (QED) is 0.642. The van der Waals surface area contributed by atoms with Crippen LogP contribution in [0.3, 0.4) is 0 Å². The summed E-state index contributed by atoms with van der Waals surface area (Å²) in [7, 11) is 0. The molecule has 0 aromatic heterocycles. The van der Waals surface area contributed by atoms with E-state index in [1.54, 1.807) is 6.08 Å². The maximum absolute atomic E-state index is 11.0. The maximum atomic E-state index is 11.0. The van der Waals surface area contributed by atoms with Gasteiger partial charge in [-0.15, -0.1) is 0 Å². The normalized spacial score (nSPS) is 21.5. The number of ether oxygens (including phenoxy) is 1. The number of esters is 1. The molecular weight excluding hydrogens is 336 g/mol. The van der Waals surface area contributed by atoms with Gasteiger partial charge in [-0.05, 0) is 32.4 Å². The highest BCUT2D eigenvalue weighted by Crippen LogP contribution is 2.23. The number of carbonyl (C=O) groups excluding carboxylic acids is 1. The van der Waals surface area contributed by atoms with Gasteiger partial charge in [0, 0.05) is 18.1 Å². The molecule has 1 aliphatic carbocycles. The van der Waals surface area contributed by atoms with Crippen LogP contribution in [0.1, 0.15) is 41.0 Å². The lowest BCUT2D eigenvalue weighted by molar-refractivity contribution is -0.136. The van der Waals surface area contributed by atoms with Gasteiger partial charge in [-0.1, -0.05) is 55.8 Å². The summed E-state index contributed by atoms with van der Waals surface area (Å²) in [5.74, 6) is 0.801. The first-order valence-corrected chi connectivity index (χ1v) is 8.80. The standard InChI is InChI=1S/C18H19ClN2O2.C2H6/c1-4-5-9-16-12(2)20-18(21-17(16)19)14-7-6-8-15(11-10-14)23-13(3)22;1-2/h4-9,11-12H,10H2,1-3H3;1-2H3/b5-4-,16-9+;. The van der Waals surface area contributed by atoms with Crippen molar-refractivity contribution in [3.63, 3.8) is 0 Å². The molecule has 0 aromatic rings. The van der Waals surface area contributed by atoms with Crippen molar-refractivity contribution < 1.29 is 9.53 Å². The van der Waals surface area contributed by atoms with Crippen molar-refractivity contribution in [2.75, 3.05) is 0 Å². The molecule has 1 heterocycles. The van der Waals surface area contributed by atoms with Crippen molar-refractivity contribution in [3.05, 3.63) is 59.4 Å². The summed E-state index contributed by atoms with van der Waals surface area (Å²) in [6.45, 7) is 9.31. The second-order valence-electron chi connectivity index (χ2n) is 5.13. The molecule has 0 radical (unpaired) electrons. The molecule has 0 fully saturated rings. The fourth-order valence-electron chi connectivity index (χ4n) is 2.19. The van der Waals surface area contributed by atoms with E-state index in [-0.39, 0.29) is 12.0 Å². The second kappa shape index (κ2) is 10.6. The lowest BCUT2D eigenvalue weighted by Gasteiger charge is -2.18. The van der Waals surface area contributed by atoms with Crippen LogP contribution in [0.4, 0.5) is 0 Å². The van der Waals surface area contributed by atoms with Gasteiger partial charge in [-0.2, -0.15) is 0 Å². The molecule has 0 aromatic carbocycles. The van der Waals surface area contributed by atoms with Gasteiger partial charge >= 0.3 is 5.97 Å². The number of aliphatic imine (C=N–C) groups is 2. The van der Waals surface area contributed by atoms with Crippen molar-refractivity contribution >= 4 is 28.6 Å². The predicted octanol–water partition coefficient (Wildman–Crippen LogP) is 5.29. The minimum atomic E-state index is -0.340. The molecule has 2 rings (SSSR count). The van der Waals surface area contributed by atoms with Gasteiger partial charge in [-0.3, -0.25) is 9.79 Å². The number of amidine groups is 1. The van der Waals surface area contributed by atoms with Crippen molar-refractivity contribution in [2.24, 2.45) is 9.98 Å². The Labute approximate surface area is 155 Å². The van der Waals surface area contributed by atoms with Crippen LogP contribution in [0.15, 0.2) is 69.4 Å². The van der Waals surface area contributed by atoms with Crippen LogP contribution >= 0.6 is 11.6 Å². The maximum Gasteiger partial charge on any atom is 0.308 e. The Morgan fingerprint density at radius 2 is 2.12 bits per heavy atom. The predicted molar refractivity (Wildman–Crippen MR) is 106 cm³/mol. The van der Waals surface area contributed by atoms with Crippen LogP contribution < -0.4 is 0 Å². The highest BCUT2D eigenvalue weighted by atomic mass is 35.5. The van der Waals surface area contributed by atoms with Crippen LogP contribution in [-0.2, 0) is 9.53 Å². The number of halogens is 1. The van der Waals surface area contributed by atoms with Crippen LogP contribution in [0.5, 0.6) is 0 Å². The minimum absolute atomic E-state index is 0.0590. The number of allylic oxidation sites excluding steroid dienone is 7. The summed E-state index contributed by atoms with van der Waals surface area (Å²) >= 11 is 6.30. The molecule has 0 bridgehead atoms. The minimum Gasteiger partial charge on any atom is -0.427 e. The van der Waals surface area contributed by atoms with Crippen molar-refractivity contribution in [1.82, 2.24) is 0 Å². The molecule has 134 valence electrons. The van der Waals surface area contributed by atoms with E-state index in [1.165, 1.54) is 6.92 Å². The Hall–Kier alpha value is -2.20. The van der Waals surface area contributed by atoms with Crippen LogP contribution in [-0.4, -0.2) is 23.0 Å². The Morgan fingerprint density at radius 3 is 2.72 bits per heavy atom. The zero-order chi connectivity index (χ0) is 18.8. The molecule has 1 aliphatic heterocycles. The van der Waals surface area contributed by atoms with Gasteiger partial charge < -0.3 is 4.74 Å². The molecule has 2 aliphatic rings. The number of hydrogen-bond donors (Lipinski definition) is 0. The van der Waals surface area contributed by atoms with Crippen molar-refractivity contribution in [3.8, 4) is 0 Å². The zero-order valence-electron chi connectivity index (χ0n) is 15.4. The molecule has 4 nitrogen and oxygen atoms in total. The van der Waals surface area contributed by atoms with Gasteiger partial charge in [0.15, 0.2) is 5.84 Å². The summed E-state index contributed by atoms with van der Waals surface area (Å²) in [5, 5.41) is 0.457. The van der Waals surface area contributed by atoms with Gasteiger partial charge in [-0.25, -0.2) is 4.99 Å². The first kappa shape index (κ1) is 20.8. The third kappa shape index (κ3) is 6.31. The molecule has 5 heteroatoms. The Bertz CT molecular complexity index is 707. The van der Waals surface area contributed by atoms with E-state index < -0.39 is 0 Å². The molecule has 0 saturated heterocycles. The van der Waals surface area contributed by atoms with E-state index in [1.807, 2.05) is 64.2 Å². The number of rotatable bonds is 3. The van der Waals surface area contributed by atoms with Gasteiger partial charge in [0.2, 0.25) is 0 Å². The van der Waals surface area contributed by atoms with Crippen LogP contribution in [0.2, 0.25) is 0 Å². The van der Waals surface area contributed by atoms with E-state index in [2.05, 4.69) is 9.98 Å². The molecule has 0 N–H and O–H groups in total. The average Bonchev–Trinajstić information content (AvgIpc) is 2.81. The molecule has 1 atom stereocenters. The van der Waals surface area contributed by atoms with E-state index in [0.29, 0.717) is 23.2 Å². The largest absolute Gasteiger partial charge is 0.427 e. The number of hydrogen-bond acceptors (Lipinski definition) is 4. The monoisotopic (exact) mass is 360 g/mol. The molecule has 1 unspecified atom stereocenters. The molecule has 0 saturated carbocycles. The number of nitrogens with zero attached hydrogens (tertiary/aromatic N) is 2. The smallest absolute Gasteiger partial charge is 0.308 e. The van der Waals surface area contributed by atoms with E-state index in [0.717, 1.165) is 11.1 Å². The Balaban J connectivity index is 0.00000151. The summed E-state index contributed by atoms with van der Waals surface area (Å²) in [6.07, 6.45) is 13.7. The van der Waals surface area contributed by atoms with E-state index in [4.69, 9.17) is 16.3 Å². The molecule has 0 spiro atoms. The number of carbonyl (C=O) groups is 1. The second-order valence-corrected chi connectivity index (χ2v) is 5.49. The lowest BCUT2D eigenvalue weighted by Crippen LogP contribution is -2.19. The lowest BCUT2D eigenvalue weighted by atomic mass is 10.1. The van der Waals surface area contributed by atoms with Crippen molar-refractivity contribution in [2.45, 2.75) is 47.1 Å². The average molecular weight is 361 g/mol. The zero-order valence-corrected chi connectivity index (χ0v) is 16.2. The van der Waals surface area contributed by atoms with Crippen molar-refractivity contribution in [1.29, 1.82) is 0 Å². The third-order valence-corrected chi connectivity index (χ3v) is 3.61. The van der Waals surface area contributed by atoms with Crippen LogP contribution in [0, 0.1) is 0 Å². The summed E-state index contributed by atoms with van der Waals surface area (Å²) in [6, 6.07) is -0.0590.